The van der Waals surface area contributed by atoms with Crippen molar-refractivity contribution in [3.8, 4) is 17.0 Å². The van der Waals surface area contributed by atoms with Gasteiger partial charge in [-0.2, -0.15) is 5.10 Å². The van der Waals surface area contributed by atoms with E-state index in [0.29, 0.717) is 17.6 Å². The number of likely N-dealkylation sites (tertiary alicyclic amines) is 1. The summed E-state index contributed by atoms with van der Waals surface area (Å²) in [6.45, 7) is 9.24. The molecule has 0 aliphatic carbocycles. The molecule has 1 saturated heterocycles. The van der Waals surface area contributed by atoms with Crippen LogP contribution in [0.5, 0.6) is 5.75 Å². The minimum atomic E-state index is 0.368. The Morgan fingerprint density at radius 2 is 2.03 bits per heavy atom. The van der Waals surface area contributed by atoms with Gasteiger partial charge in [-0.1, -0.05) is 12.6 Å². The molecule has 0 amide bonds. The van der Waals surface area contributed by atoms with Crippen molar-refractivity contribution >= 4 is 17.3 Å². The van der Waals surface area contributed by atoms with Gasteiger partial charge in [0.1, 0.15) is 11.9 Å². The molecule has 1 aromatic carbocycles. The molecule has 0 saturated carbocycles. The number of anilines is 2. The number of benzene rings is 1. The molecule has 7 nitrogen and oxygen atoms in total. The van der Waals surface area contributed by atoms with Gasteiger partial charge < -0.3 is 19.8 Å². The Bertz CT molecular complexity index is 1010. The van der Waals surface area contributed by atoms with Crippen LogP contribution in [0.3, 0.4) is 0 Å². The zero-order valence-corrected chi connectivity index (χ0v) is 16.6. The van der Waals surface area contributed by atoms with E-state index in [1.165, 1.54) is 18.4 Å². The number of nitrogens with one attached hydrogen (secondary N) is 2. The standard InChI is InChI=1S/C22H24N6O/c1-23-21-7-5-17(14-24-21)25-22-13-19(26-27-22)18-6-4-16(12-20(18)29-3)15-8-10-28(2)11-9-15/h4-7,12-15H,8-11H2,2-3H3,(H2,25,26,27). The molecular formula is C22H24N6O. The summed E-state index contributed by atoms with van der Waals surface area (Å²) in [7, 11) is 3.89. The van der Waals surface area contributed by atoms with Gasteiger partial charge in [0.05, 0.1) is 18.5 Å². The predicted molar refractivity (Wildman–Crippen MR) is 114 cm³/mol. The fourth-order valence-electron chi connectivity index (χ4n) is 3.72. The summed E-state index contributed by atoms with van der Waals surface area (Å²) in [4.78, 5) is 9.75. The number of aromatic nitrogens is 3. The van der Waals surface area contributed by atoms with E-state index in [0.717, 1.165) is 35.8 Å². The number of methoxy groups -OCH3 is 1. The molecule has 2 aromatic heterocycles. The SMILES string of the molecule is [C-]#[N+]c1ccc(Nc2cc(-c3ccc(C4CCN(C)CC4)cc3OC)[nH]n2)cn1. The highest BCUT2D eigenvalue weighted by Crippen LogP contribution is 2.36. The Hall–Kier alpha value is -3.37. The maximum atomic E-state index is 6.97. The highest BCUT2D eigenvalue weighted by Gasteiger charge is 2.20. The molecule has 0 radical (unpaired) electrons. The van der Waals surface area contributed by atoms with Gasteiger partial charge in [0, 0.05) is 11.6 Å². The predicted octanol–water partition coefficient (Wildman–Crippen LogP) is 4.58. The number of aromatic amines is 1. The molecule has 0 atom stereocenters. The Kier molecular flexibility index (Phi) is 5.45. The number of hydrogen-bond acceptors (Lipinski definition) is 5. The van der Waals surface area contributed by atoms with Gasteiger partial charge in [-0.3, -0.25) is 5.10 Å². The molecule has 1 aliphatic heterocycles. The van der Waals surface area contributed by atoms with Gasteiger partial charge in [0.2, 0.25) is 0 Å². The average molecular weight is 388 g/mol. The van der Waals surface area contributed by atoms with E-state index in [1.54, 1.807) is 19.4 Å². The first-order chi connectivity index (χ1) is 14.2. The van der Waals surface area contributed by atoms with Crippen molar-refractivity contribution in [2.24, 2.45) is 0 Å². The monoisotopic (exact) mass is 388 g/mol. The molecule has 3 aromatic rings. The van der Waals surface area contributed by atoms with E-state index < -0.39 is 0 Å². The second-order valence-corrected chi connectivity index (χ2v) is 7.35. The van der Waals surface area contributed by atoms with Crippen molar-refractivity contribution in [1.29, 1.82) is 0 Å². The van der Waals surface area contributed by atoms with Crippen molar-refractivity contribution in [3.05, 3.63) is 59.6 Å². The first-order valence-corrected chi connectivity index (χ1v) is 9.69. The van der Waals surface area contributed by atoms with E-state index in [-0.39, 0.29) is 0 Å². The molecule has 7 heteroatoms. The number of H-pyrrole nitrogens is 1. The zero-order chi connectivity index (χ0) is 20.2. The van der Waals surface area contributed by atoms with Crippen molar-refractivity contribution in [2.45, 2.75) is 18.8 Å². The highest BCUT2D eigenvalue weighted by atomic mass is 16.5. The van der Waals surface area contributed by atoms with Crippen molar-refractivity contribution in [1.82, 2.24) is 20.1 Å². The van der Waals surface area contributed by atoms with Crippen LogP contribution >= 0.6 is 0 Å². The lowest BCUT2D eigenvalue weighted by Crippen LogP contribution is -2.29. The Balaban J connectivity index is 1.52. The second-order valence-electron chi connectivity index (χ2n) is 7.35. The summed E-state index contributed by atoms with van der Waals surface area (Å²) >= 11 is 0. The van der Waals surface area contributed by atoms with Gasteiger partial charge in [0.15, 0.2) is 5.82 Å². The molecule has 4 rings (SSSR count). The third kappa shape index (κ3) is 4.23. The minimum Gasteiger partial charge on any atom is -0.496 e. The Morgan fingerprint density at radius 3 is 2.72 bits per heavy atom. The minimum absolute atomic E-state index is 0.368. The molecule has 148 valence electrons. The molecule has 0 bridgehead atoms. The molecule has 29 heavy (non-hydrogen) atoms. The maximum absolute atomic E-state index is 6.97. The topological polar surface area (TPSA) is 70.4 Å². The molecule has 1 aliphatic rings. The largest absolute Gasteiger partial charge is 0.496 e. The van der Waals surface area contributed by atoms with Crippen LogP contribution in [0.4, 0.5) is 17.3 Å². The summed E-state index contributed by atoms with van der Waals surface area (Å²) in [5.74, 6) is 2.48. The number of piperidine rings is 1. The van der Waals surface area contributed by atoms with E-state index in [2.05, 4.69) is 55.5 Å². The third-order valence-corrected chi connectivity index (χ3v) is 5.42. The van der Waals surface area contributed by atoms with Gasteiger partial charge >= 0.3 is 0 Å². The summed E-state index contributed by atoms with van der Waals surface area (Å²) in [6, 6.07) is 11.9. The number of ether oxygens (including phenoxy) is 1. The van der Waals surface area contributed by atoms with E-state index in [1.807, 2.05) is 12.1 Å². The molecule has 1 fully saturated rings. The van der Waals surface area contributed by atoms with Crippen molar-refractivity contribution in [2.75, 3.05) is 32.6 Å². The van der Waals surface area contributed by atoms with Gasteiger partial charge in [-0.15, -0.1) is 4.98 Å². The molecule has 2 N–H and O–H groups in total. The fourth-order valence-corrected chi connectivity index (χ4v) is 3.72. The number of pyridine rings is 1. The average Bonchev–Trinajstić information content (AvgIpc) is 3.22. The lowest BCUT2D eigenvalue weighted by atomic mass is 9.88. The fraction of sp³-hybridized carbons (Fsp3) is 0.318. The van der Waals surface area contributed by atoms with Crippen LogP contribution in [0.1, 0.15) is 24.3 Å². The van der Waals surface area contributed by atoms with Crippen LogP contribution in [-0.2, 0) is 0 Å². The quantitative estimate of drug-likeness (QED) is 0.626. The van der Waals surface area contributed by atoms with Crippen LogP contribution < -0.4 is 10.1 Å². The summed E-state index contributed by atoms with van der Waals surface area (Å²) in [5.41, 5.74) is 3.97. The normalized spacial score (nSPS) is 15.1. The maximum Gasteiger partial charge on any atom is 0.269 e. The molecule has 0 spiro atoms. The smallest absolute Gasteiger partial charge is 0.269 e. The van der Waals surface area contributed by atoms with Crippen LogP contribution in [-0.4, -0.2) is 47.3 Å². The van der Waals surface area contributed by atoms with Gasteiger partial charge in [0.25, 0.3) is 5.82 Å². The summed E-state index contributed by atoms with van der Waals surface area (Å²) in [5, 5.41) is 10.6. The van der Waals surface area contributed by atoms with E-state index in [9.17, 15) is 0 Å². The summed E-state index contributed by atoms with van der Waals surface area (Å²) in [6.07, 6.45) is 3.98. The van der Waals surface area contributed by atoms with Crippen LogP contribution in [0, 0.1) is 6.57 Å². The number of nitrogens with zero attached hydrogens (tertiary/aromatic N) is 4. The summed E-state index contributed by atoms with van der Waals surface area (Å²) < 4.78 is 5.69. The van der Waals surface area contributed by atoms with Crippen LogP contribution in [0.2, 0.25) is 0 Å². The van der Waals surface area contributed by atoms with Crippen molar-refractivity contribution < 1.29 is 4.74 Å². The van der Waals surface area contributed by atoms with Gasteiger partial charge in [-0.05, 0) is 68.7 Å². The number of rotatable bonds is 5. The molecular weight excluding hydrogens is 364 g/mol. The second kappa shape index (κ2) is 8.33. The lowest BCUT2D eigenvalue weighted by Gasteiger charge is -2.29. The highest BCUT2D eigenvalue weighted by molar-refractivity contribution is 5.71. The zero-order valence-electron chi connectivity index (χ0n) is 16.6. The first-order valence-electron chi connectivity index (χ1n) is 9.69. The Morgan fingerprint density at radius 1 is 1.21 bits per heavy atom. The van der Waals surface area contributed by atoms with Crippen molar-refractivity contribution in [3.63, 3.8) is 0 Å². The number of hydrogen-bond donors (Lipinski definition) is 2. The molecule has 3 heterocycles. The third-order valence-electron chi connectivity index (χ3n) is 5.42. The van der Waals surface area contributed by atoms with E-state index >= 15 is 0 Å². The van der Waals surface area contributed by atoms with E-state index in [4.69, 9.17) is 11.3 Å². The van der Waals surface area contributed by atoms with Crippen LogP contribution in [0.15, 0.2) is 42.6 Å². The van der Waals surface area contributed by atoms with Gasteiger partial charge in [-0.25, -0.2) is 0 Å². The lowest BCUT2D eigenvalue weighted by molar-refractivity contribution is 0.255. The van der Waals surface area contributed by atoms with Crippen LogP contribution in [0.25, 0.3) is 16.1 Å². The Labute approximate surface area is 170 Å². The first kappa shape index (κ1) is 19.0. The molecule has 0 unspecified atom stereocenters.